The molecule has 1 heterocycles. The molecule has 0 aliphatic carbocycles. The van der Waals surface area contributed by atoms with Gasteiger partial charge in [-0.05, 0) is 31.0 Å². The van der Waals surface area contributed by atoms with Gasteiger partial charge in [0.05, 0.1) is 0 Å². The van der Waals surface area contributed by atoms with Gasteiger partial charge in [0.15, 0.2) is 0 Å². The van der Waals surface area contributed by atoms with Crippen LogP contribution in [0.4, 0.5) is 0 Å². The Bertz CT molecular complexity index is 325. The van der Waals surface area contributed by atoms with Gasteiger partial charge in [0.2, 0.25) is 0 Å². The Labute approximate surface area is 115 Å². The molecule has 1 aliphatic rings. The maximum Gasteiger partial charge on any atom is 0.0450 e. The molecule has 4 heteroatoms. The second-order valence-electron chi connectivity index (χ2n) is 4.37. The molecule has 0 spiro atoms. The number of hydrogen-bond donors (Lipinski definition) is 2. The van der Waals surface area contributed by atoms with E-state index in [1.165, 1.54) is 31.4 Å². The van der Waals surface area contributed by atoms with Crippen LogP contribution in [-0.2, 0) is 6.54 Å². The molecule has 2 nitrogen and oxygen atoms in total. The quantitative estimate of drug-likeness (QED) is 0.882. The van der Waals surface area contributed by atoms with E-state index in [1.807, 2.05) is 18.2 Å². The molecule has 1 atom stereocenters. The standard InChI is InChI=1S/C13H19ClN2.ClH/c14-13-7-2-1-5-11(13)9-15-10-12-6-3-4-8-16-12;/h1-2,5,7,12,15-16H,3-4,6,8-10H2;1H. The van der Waals surface area contributed by atoms with E-state index in [9.17, 15) is 0 Å². The number of rotatable bonds is 4. The first kappa shape index (κ1) is 14.8. The van der Waals surface area contributed by atoms with Gasteiger partial charge < -0.3 is 10.6 Å². The molecule has 0 amide bonds. The zero-order chi connectivity index (χ0) is 11.2. The summed E-state index contributed by atoms with van der Waals surface area (Å²) in [5, 5.41) is 7.84. The van der Waals surface area contributed by atoms with Crippen LogP contribution in [-0.4, -0.2) is 19.1 Å². The van der Waals surface area contributed by atoms with E-state index in [0.29, 0.717) is 6.04 Å². The molecule has 1 fully saturated rings. The molecule has 2 rings (SSSR count). The third kappa shape index (κ3) is 4.84. The first-order valence-corrected chi connectivity index (χ1v) is 6.41. The number of hydrogen-bond acceptors (Lipinski definition) is 2. The van der Waals surface area contributed by atoms with Crippen molar-refractivity contribution in [2.45, 2.75) is 31.8 Å². The highest BCUT2D eigenvalue weighted by Gasteiger charge is 2.11. The van der Waals surface area contributed by atoms with Crippen LogP contribution in [0, 0.1) is 0 Å². The lowest BCUT2D eigenvalue weighted by atomic mass is 10.1. The molecule has 0 bridgehead atoms. The summed E-state index contributed by atoms with van der Waals surface area (Å²) in [6.45, 7) is 3.06. The first-order chi connectivity index (χ1) is 7.86. The average Bonchev–Trinajstić information content (AvgIpc) is 2.33. The van der Waals surface area contributed by atoms with Gasteiger partial charge in [-0.2, -0.15) is 0 Å². The summed E-state index contributed by atoms with van der Waals surface area (Å²) in [6.07, 6.45) is 3.96. The summed E-state index contributed by atoms with van der Waals surface area (Å²) in [5.41, 5.74) is 1.18. The van der Waals surface area contributed by atoms with Gasteiger partial charge in [-0.1, -0.05) is 36.2 Å². The lowest BCUT2D eigenvalue weighted by Crippen LogP contribution is -2.41. The maximum absolute atomic E-state index is 6.09. The normalized spacial score (nSPS) is 19.7. The summed E-state index contributed by atoms with van der Waals surface area (Å²) in [4.78, 5) is 0. The Morgan fingerprint density at radius 3 is 2.82 bits per heavy atom. The van der Waals surface area contributed by atoms with Crippen molar-refractivity contribution < 1.29 is 0 Å². The molecule has 0 aromatic heterocycles. The zero-order valence-electron chi connectivity index (χ0n) is 9.92. The minimum absolute atomic E-state index is 0. The smallest absolute Gasteiger partial charge is 0.0450 e. The summed E-state index contributed by atoms with van der Waals surface area (Å²) in [5.74, 6) is 0. The van der Waals surface area contributed by atoms with Crippen molar-refractivity contribution in [2.24, 2.45) is 0 Å². The molecule has 96 valence electrons. The first-order valence-electron chi connectivity index (χ1n) is 6.04. The highest BCUT2D eigenvalue weighted by atomic mass is 35.5. The maximum atomic E-state index is 6.09. The Hall–Kier alpha value is -0.280. The fourth-order valence-corrected chi connectivity index (χ4v) is 2.32. The van der Waals surface area contributed by atoms with Crippen LogP contribution in [0.25, 0.3) is 0 Å². The average molecular weight is 275 g/mol. The van der Waals surface area contributed by atoms with Gasteiger partial charge >= 0.3 is 0 Å². The van der Waals surface area contributed by atoms with Crippen LogP contribution >= 0.6 is 24.0 Å². The fraction of sp³-hybridized carbons (Fsp3) is 0.538. The topological polar surface area (TPSA) is 24.1 Å². The Morgan fingerprint density at radius 2 is 2.12 bits per heavy atom. The third-order valence-corrected chi connectivity index (χ3v) is 3.45. The van der Waals surface area contributed by atoms with Crippen LogP contribution in [0.3, 0.4) is 0 Å². The van der Waals surface area contributed by atoms with E-state index in [0.717, 1.165) is 18.1 Å². The predicted molar refractivity (Wildman–Crippen MR) is 76.0 cm³/mol. The van der Waals surface area contributed by atoms with Gasteiger partial charge in [-0.25, -0.2) is 0 Å². The molecule has 1 aromatic carbocycles. The monoisotopic (exact) mass is 274 g/mol. The Kier molecular flexibility index (Phi) is 6.90. The van der Waals surface area contributed by atoms with Crippen molar-refractivity contribution in [1.29, 1.82) is 0 Å². The summed E-state index contributed by atoms with van der Waals surface area (Å²) >= 11 is 6.09. The minimum atomic E-state index is 0. The molecule has 2 N–H and O–H groups in total. The van der Waals surface area contributed by atoms with Gasteiger partial charge in [0.1, 0.15) is 0 Å². The lowest BCUT2D eigenvalue weighted by Gasteiger charge is -2.23. The number of benzene rings is 1. The van der Waals surface area contributed by atoms with E-state index >= 15 is 0 Å². The van der Waals surface area contributed by atoms with Crippen molar-refractivity contribution >= 4 is 24.0 Å². The van der Waals surface area contributed by atoms with Crippen molar-refractivity contribution in [3.05, 3.63) is 34.9 Å². The zero-order valence-corrected chi connectivity index (χ0v) is 11.5. The van der Waals surface area contributed by atoms with Gasteiger partial charge in [-0.3, -0.25) is 0 Å². The van der Waals surface area contributed by atoms with E-state index in [-0.39, 0.29) is 12.4 Å². The molecule has 0 saturated carbocycles. The van der Waals surface area contributed by atoms with Crippen molar-refractivity contribution in [2.75, 3.05) is 13.1 Å². The molecule has 1 saturated heterocycles. The van der Waals surface area contributed by atoms with E-state index in [4.69, 9.17) is 11.6 Å². The number of piperidine rings is 1. The Balaban J connectivity index is 0.00000144. The second-order valence-corrected chi connectivity index (χ2v) is 4.78. The second kappa shape index (κ2) is 7.93. The lowest BCUT2D eigenvalue weighted by molar-refractivity contribution is 0.383. The number of nitrogens with one attached hydrogen (secondary N) is 2. The molecule has 1 aromatic rings. The van der Waals surface area contributed by atoms with Gasteiger partial charge in [0.25, 0.3) is 0 Å². The van der Waals surface area contributed by atoms with Crippen LogP contribution < -0.4 is 10.6 Å². The largest absolute Gasteiger partial charge is 0.313 e. The Morgan fingerprint density at radius 1 is 1.29 bits per heavy atom. The molecular weight excluding hydrogens is 255 g/mol. The fourth-order valence-electron chi connectivity index (χ4n) is 2.12. The molecular formula is C13H20Cl2N2. The summed E-state index contributed by atoms with van der Waals surface area (Å²) in [6, 6.07) is 8.65. The van der Waals surface area contributed by atoms with Crippen LogP contribution in [0.15, 0.2) is 24.3 Å². The molecule has 1 aliphatic heterocycles. The molecule has 17 heavy (non-hydrogen) atoms. The summed E-state index contributed by atoms with van der Waals surface area (Å²) in [7, 11) is 0. The van der Waals surface area contributed by atoms with Crippen LogP contribution in [0.2, 0.25) is 5.02 Å². The molecule has 1 unspecified atom stereocenters. The van der Waals surface area contributed by atoms with Crippen LogP contribution in [0.5, 0.6) is 0 Å². The van der Waals surface area contributed by atoms with Gasteiger partial charge in [-0.15, -0.1) is 12.4 Å². The van der Waals surface area contributed by atoms with Crippen molar-refractivity contribution in [1.82, 2.24) is 10.6 Å². The van der Waals surface area contributed by atoms with E-state index in [1.54, 1.807) is 0 Å². The highest BCUT2D eigenvalue weighted by Crippen LogP contribution is 2.14. The van der Waals surface area contributed by atoms with Crippen LogP contribution in [0.1, 0.15) is 24.8 Å². The van der Waals surface area contributed by atoms with E-state index < -0.39 is 0 Å². The van der Waals surface area contributed by atoms with Crippen molar-refractivity contribution in [3.63, 3.8) is 0 Å². The number of halogens is 2. The van der Waals surface area contributed by atoms with Gasteiger partial charge in [0, 0.05) is 24.2 Å². The summed E-state index contributed by atoms with van der Waals surface area (Å²) < 4.78 is 0. The predicted octanol–water partition coefficient (Wildman–Crippen LogP) is 2.99. The highest BCUT2D eigenvalue weighted by molar-refractivity contribution is 6.31. The third-order valence-electron chi connectivity index (χ3n) is 3.08. The molecule has 0 radical (unpaired) electrons. The van der Waals surface area contributed by atoms with E-state index in [2.05, 4.69) is 16.7 Å². The van der Waals surface area contributed by atoms with Crippen molar-refractivity contribution in [3.8, 4) is 0 Å². The minimum Gasteiger partial charge on any atom is -0.313 e. The SMILES string of the molecule is Cl.Clc1ccccc1CNCC1CCCCN1.